The van der Waals surface area contributed by atoms with Gasteiger partial charge < -0.3 is 0 Å². The second-order valence-corrected chi connectivity index (χ2v) is 3.81. The van der Waals surface area contributed by atoms with Gasteiger partial charge in [-0.05, 0) is 22.9 Å². The molecule has 0 aliphatic rings. The van der Waals surface area contributed by atoms with Gasteiger partial charge in [0.25, 0.3) is 0 Å². The van der Waals surface area contributed by atoms with E-state index >= 15 is 0 Å². The minimum absolute atomic E-state index is 0. The van der Waals surface area contributed by atoms with Crippen LogP contribution in [0, 0.1) is 0 Å². The summed E-state index contributed by atoms with van der Waals surface area (Å²) < 4.78 is 0. The van der Waals surface area contributed by atoms with E-state index in [0.717, 1.165) is 5.52 Å². The number of nitrogens with zero attached hydrogens (tertiary/aromatic N) is 1. The Morgan fingerprint density at radius 3 is 2.12 bits per heavy atom. The van der Waals surface area contributed by atoms with Crippen LogP contribution in [0.15, 0.2) is 65.5 Å². The Balaban J connectivity index is 0.000000183. The van der Waals surface area contributed by atoms with Gasteiger partial charge in [-0.1, -0.05) is 36.4 Å². The van der Waals surface area contributed by atoms with Crippen LogP contribution in [0.1, 0.15) is 0 Å². The molecule has 0 spiro atoms. The molecule has 0 N–H and O–H groups in total. The zero-order valence-electron chi connectivity index (χ0n) is 8.51. The molecule has 16 heavy (non-hydrogen) atoms. The fourth-order valence-corrected chi connectivity index (χ4v) is 1.70. The van der Waals surface area contributed by atoms with Gasteiger partial charge in [0, 0.05) is 28.7 Å². The first-order valence-corrected chi connectivity index (χ1v) is 5.68. The van der Waals surface area contributed by atoms with Gasteiger partial charge >= 0.3 is 0 Å². The molecule has 0 aliphatic carbocycles. The first-order valence-electron chi connectivity index (χ1n) is 4.74. The van der Waals surface area contributed by atoms with E-state index in [4.69, 9.17) is 0 Å². The van der Waals surface area contributed by atoms with Gasteiger partial charge in [0.1, 0.15) is 0 Å². The van der Waals surface area contributed by atoms with Crippen molar-refractivity contribution in [2.24, 2.45) is 0 Å². The summed E-state index contributed by atoms with van der Waals surface area (Å²) >= 11 is 1.71. The van der Waals surface area contributed by atoms with Crippen molar-refractivity contribution < 1.29 is 17.1 Å². The number of thiophene rings is 1. The van der Waals surface area contributed by atoms with Gasteiger partial charge in [-0.2, -0.15) is 11.3 Å². The van der Waals surface area contributed by atoms with Crippen LogP contribution in [0.5, 0.6) is 0 Å². The summed E-state index contributed by atoms with van der Waals surface area (Å²) in [6.45, 7) is 0. The Morgan fingerprint density at radius 2 is 1.50 bits per heavy atom. The topological polar surface area (TPSA) is 12.9 Å². The Morgan fingerprint density at radius 1 is 0.812 bits per heavy atom. The Hall–Kier alpha value is -1.15. The molecule has 0 fully saturated rings. The molecule has 2 heterocycles. The maximum atomic E-state index is 4.18. The predicted octanol–water partition coefficient (Wildman–Crippen LogP) is 3.98. The minimum atomic E-state index is 0. The average molecular weight is 277 g/mol. The van der Waals surface area contributed by atoms with Gasteiger partial charge in [0.15, 0.2) is 0 Å². The Labute approximate surface area is 110 Å². The largest absolute Gasteiger partial charge is 0.256 e. The van der Waals surface area contributed by atoms with Crippen molar-refractivity contribution in [2.75, 3.05) is 0 Å². The van der Waals surface area contributed by atoms with Crippen LogP contribution < -0.4 is 0 Å². The summed E-state index contributed by atoms with van der Waals surface area (Å²) in [6.07, 6.45) is 1.81. The molecule has 1 nitrogen and oxygen atoms in total. The average Bonchev–Trinajstić information content (AvgIpc) is 2.88. The molecule has 0 bridgehead atoms. The monoisotopic (exact) mass is 276 g/mol. The van der Waals surface area contributed by atoms with Gasteiger partial charge in [-0.25, -0.2) is 0 Å². The SMILES string of the molecule is [Cu].c1ccc2ncccc2c1.c1ccsc1. The molecule has 0 saturated carbocycles. The normalized spacial score (nSPS) is 8.75. The molecular formula is C13H11CuNS. The maximum absolute atomic E-state index is 4.18. The third-order valence-electron chi connectivity index (χ3n) is 1.94. The van der Waals surface area contributed by atoms with Crippen LogP contribution >= 0.6 is 11.3 Å². The number of hydrogen-bond acceptors (Lipinski definition) is 2. The van der Waals surface area contributed by atoms with Crippen molar-refractivity contribution in [3.05, 3.63) is 65.5 Å². The molecule has 3 heteroatoms. The molecule has 3 aromatic rings. The molecule has 2 aromatic heterocycles. The number of hydrogen-bond donors (Lipinski definition) is 0. The molecule has 1 radical (unpaired) electrons. The molecular weight excluding hydrogens is 266 g/mol. The number of rotatable bonds is 0. The van der Waals surface area contributed by atoms with Crippen molar-refractivity contribution in [2.45, 2.75) is 0 Å². The zero-order valence-corrected chi connectivity index (χ0v) is 10.3. The van der Waals surface area contributed by atoms with Crippen LogP contribution in [0.3, 0.4) is 0 Å². The molecule has 1 aromatic carbocycles. The summed E-state index contributed by atoms with van der Waals surface area (Å²) in [6, 6.07) is 16.1. The van der Waals surface area contributed by atoms with Crippen LogP contribution in [0.4, 0.5) is 0 Å². The van der Waals surface area contributed by atoms with Crippen molar-refractivity contribution in [1.82, 2.24) is 4.98 Å². The summed E-state index contributed by atoms with van der Waals surface area (Å²) in [5.74, 6) is 0. The molecule has 0 aliphatic heterocycles. The van der Waals surface area contributed by atoms with Gasteiger partial charge in [0.05, 0.1) is 5.52 Å². The van der Waals surface area contributed by atoms with Gasteiger partial charge in [-0.15, -0.1) is 0 Å². The molecule has 3 rings (SSSR count). The van der Waals surface area contributed by atoms with E-state index < -0.39 is 0 Å². The molecule has 0 amide bonds. The van der Waals surface area contributed by atoms with Crippen molar-refractivity contribution in [3.8, 4) is 0 Å². The van der Waals surface area contributed by atoms with E-state index in [1.54, 1.807) is 11.3 Å². The molecule has 0 saturated heterocycles. The van der Waals surface area contributed by atoms with E-state index in [1.807, 2.05) is 53.4 Å². The zero-order chi connectivity index (χ0) is 10.3. The van der Waals surface area contributed by atoms with Crippen molar-refractivity contribution in [1.29, 1.82) is 0 Å². The fraction of sp³-hybridized carbons (Fsp3) is 0. The van der Waals surface area contributed by atoms with Crippen LogP contribution in [-0.2, 0) is 17.1 Å². The van der Waals surface area contributed by atoms with Crippen LogP contribution in [0.25, 0.3) is 10.9 Å². The third-order valence-corrected chi connectivity index (χ3v) is 2.57. The van der Waals surface area contributed by atoms with E-state index in [-0.39, 0.29) is 17.1 Å². The standard InChI is InChI=1S/C9H7N.C4H4S.Cu/c1-2-6-9-8(4-1)5-3-7-10-9;1-2-4-5-3-1;/h1-7H;1-4H;. The maximum Gasteiger partial charge on any atom is 0.0701 e. The molecule has 0 atom stereocenters. The fourth-order valence-electron chi connectivity index (χ4n) is 1.24. The second-order valence-electron chi connectivity index (χ2n) is 2.99. The quantitative estimate of drug-likeness (QED) is 0.566. The summed E-state index contributed by atoms with van der Waals surface area (Å²) in [7, 11) is 0. The predicted molar refractivity (Wildman–Crippen MR) is 66.1 cm³/mol. The second kappa shape index (κ2) is 7.18. The first-order chi connectivity index (χ1) is 7.47. The summed E-state index contributed by atoms with van der Waals surface area (Å²) in [4.78, 5) is 4.18. The number of para-hydroxylation sites is 1. The number of pyridine rings is 1. The van der Waals surface area contributed by atoms with E-state index in [1.165, 1.54) is 5.39 Å². The third kappa shape index (κ3) is 3.78. The number of fused-ring (bicyclic) bond motifs is 1. The minimum Gasteiger partial charge on any atom is -0.256 e. The van der Waals surface area contributed by atoms with Crippen LogP contribution in [0.2, 0.25) is 0 Å². The molecule has 85 valence electrons. The molecule has 0 unspecified atom stereocenters. The van der Waals surface area contributed by atoms with Crippen molar-refractivity contribution in [3.63, 3.8) is 0 Å². The summed E-state index contributed by atoms with van der Waals surface area (Å²) in [5, 5.41) is 5.28. The van der Waals surface area contributed by atoms with E-state index in [9.17, 15) is 0 Å². The van der Waals surface area contributed by atoms with Crippen LogP contribution in [-0.4, -0.2) is 4.98 Å². The van der Waals surface area contributed by atoms with E-state index in [0.29, 0.717) is 0 Å². The Kier molecular flexibility index (Phi) is 5.79. The smallest absolute Gasteiger partial charge is 0.0701 e. The van der Waals surface area contributed by atoms with Crippen molar-refractivity contribution >= 4 is 22.2 Å². The Bertz CT molecular complexity index is 425. The summed E-state index contributed by atoms with van der Waals surface area (Å²) in [5.41, 5.74) is 1.06. The first kappa shape index (κ1) is 12.9. The van der Waals surface area contributed by atoms with Gasteiger partial charge in [0.2, 0.25) is 0 Å². The van der Waals surface area contributed by atoms with Gasteiger partial charge in [-0.3, -0.25) is 4.98 Å². The van der Waals surface area contributed by atoms with E-state index in [2.05, 4.69) is 17.1 Å². The number of aromatic nitrogens is 1. The number of benzene rings is 1.